The van der Waals surface area contributed by atoms with E-state index < -0.39 is 10.0 Å². The quantitative estimate of drug-likeness (QED) is 0.844. The third-order valence-electron chi connectivity index (χ3n) is 2.77. The van der Waals surface area contributed by atoms with Crippen LogP contribution in [0.3, 0.4) is 0 Å². The zero-order chi connectivity index (χ0) is 15.3. The van der Waals surface area contributed by atoms with E-state index in [1.54, 1.807) is 37.4 Å². The number of benzene rings is 1. The Bertz CT molecular complexity index is 700. The monoisotopic (exact) mass is 307 g/mol. The molecule has 1 aromatic carbocycles. The molecule has 0 spiro atoms. The Balaban J connectivity index is 2.18. The maximum Gasteiger partial charge on any atom is 0.261 e. The number of nitrogens with two attached hydrogens (primary N) is 1. The molecule has 0 atom stereocenters. The van der Waals surface area contributed by atoms with Crippen molar-refractivity contribution in [2.75, 3.05) is 17.9 Å². The van der Waals surface area contributed by atoms with Crippen LogP contribution >= 0.6 is 0 Å². The molecule has 112 valence electrons. The van der Waals surface area contributed by atoms with Gasteiger partial charge < -0.3 is 10.5 Å². The number of rotatable bonds is 6. The summed E-state index contributed by atoms with van der Waals surface area (Å²) in [5, 5.41) is 0. The summed E-state index contributed by atoms with van der Waals surface area (Å²) < 4.78 is 32.4. The first-order valence-electron chi connectivity index (χ1n) is 6.40. The van der Waals surface area contributed by atoms with Crippen LogP contribution in [0.1, 0.15) is 5.69 Å². The average Bonchev–Trinajstić information content (AvgIpc) is 2.48. The molecule has 0 aliphatic heterocycles. The standard InChI is InChI=1S/C14H17N3O3S/c1-11-14(3-2-9-16-11)17-21(18,19)13-6-4-12(5-7-13)20-10-8-15/h2-7,9,17H,8,10,15H2,1H3. The number of hydrogen-bond acceptors (Lipinski definition) is 5. The maximum atomic E-state index is 12.3. The Morgan fingerprint density at radius 1 is 1.24 bits per heavy atom. The Kier molecular flexibility index (Phi) is 4.77. The van der Waals surface area contributed by atoms with E-state index in [9.17, 15) is 8.42 Å². The van der Waals surface area contributed by atoms with Crippen molar-refractivity contribution < 1.29 is 13.2 Å². The number of ether oxygens (including phenoxy) is 1. The van der Waals surface area contributed by atoms with Crippen LogP contribution in [-0.2, 0) is 10.0 Å². The zero-order valence-electron chi connectivity index (χ0n) is 11.6. The first-order valence-corrected chi connectivity index (χ1v) is 7.88. The first-order chi connectivity index (χ1) is 10.0. The lowest BCUT2D eigenvalue weighted by molar-refractivity contribution is 0.328. The third kappa shape index (κ3) is 3.93. The second-order valence-electron chi connectivity index (χ2n) is 4.35. The van der Waals surface area contributed by atoms with Gasteiger partial charge in [-0.25, -0.2) is 8.42 Å². The van der Waals surface area contributed by atoms with Crippen molar-refractivity contribution in [3.63, 3.8) is 0 Å². The summed E-state index contributed by atoms with van der Waals surface area (Å²) in [6.07, 6.45) is 1.61. The lowest BCUT2D eigenvalue weighted by Crippen LogP contribution is -2.14. The predicted molar refractivity (Wildman–Crippen MR) is 80.8 cm³/mol. The summed E-state index contributed by atoms with van der Waals surface area (Å²) in [7, 11) is -3.64. The Morgan fingerprint density at radius 2 is 1.95 bits per heavy atom. The van der Waals surface area contributed by atoms with Gasteiger partial charge in [0.2, 0.25) is 0 Å². The van der Waals surface area contributed by atoms with Crippen molar-refractivity contribution in [1.29, 1.82) is 0 Å². The number of aromatic nitrogens is 1. The molecule has 0 bridgehead atoms. The molecule has 1 heterocycles. The molecule has 0 saturated heterocycles. The number of nitrogens with one attached hydrogen (secondary N) is 1. The van der Waals surface area contributed by atoms with Gasteiger partial charge in [0, 0.05) is 12.7 Å². The van der Waals surface area contributed by atoms with Gasteiger partial charge >= 0.3 is 0 Å². The molecule has 0 unspecified atom stereocenters. The molecule has 0 radical (unpaired) electrons. The fourth-order valence-corrected chi connectivity index (χ4v) is 2.81. The molecule has 1 aromatic heterocycles. The normalized spacial score (nSPS) is 11.1. The maximum absolute atomic E-state index is 12.3. The van der Waals surface area contributed by atoms with Gasteiger partial charge in [-0.05, 0) is 43.3 Å². The molecule has 0 aliphatic rings. The van der Waals surface area contributed by atoms with Crippen LogP contribution in [0.5, 0.6) is 5.75 Å². The topological polar surface area (TPSA) is 94.3 Å². The minimum absolute atomic E-state index is 0.158. The van der Waals surface area contributed by atoms with Crippen molar-refractivity contribution in [1.82, 2.24) is 4.98 Å². The van der Waals surface area contributed by atoms with Crippen molar-refractivity contribution in [3.05, 3.63) is 48.3 Å². The molecule has 2 aromatic rings. The van der Waals surface area contributed by atoms with E-state index in [4.69, 9.17) is 10.5 Å². The number of anilines is 1. The van der Waals surface area contributed by atoms with Gasteiger partial charge in [0.1, 0.15) is 12.4 Å². The van der Waals surface area contributed by atoms with Crippen LogP contribution in [0.15, 0.2) is 47.5 Å². The number of aryl methyl sites for hydroxylation is 1. The van der Waals surface area contributed by atoms with Crippen molar-refractivity contribution in [2.24, 2.45) is 5.73 Å². The molecule has 6 nitrogen and oxygen atoms in total. The first kappa shape index (κ1) is 15.3. The van der Waals surface area contributed by atoms with Gasteiger partial charge in [-0.3, -0.25) is 9.71 Å². The summed E-state index contributed by atoms with van der Waals surface area (Å²) >= 11 is 0. The Labute approximate surface area is 124 Å². The van der Waals surface area contributed by atoms with Gasteiger partial charge in [0.05, 0.1) is 16.3 Å². The highest BCUT2D eigenvalue weighted by Gasteiger charge is 2.15. The van der Waals surface area contributed by atoms with Gasteiger partial charge in [-0.1, -0.05) is 0 Å². The zero-order valence-corrected chi connectivity index (χ0v) is 12.4. The van der Waals surface area contributed by atoms with Crippen molar-refractivity contribution in [2.45, 2.75) is 11.8 Å². The molecule has 0 aliphatic carbocycles. The molecule has 7 heteroatoms. The summed E-state index contributed by atoms with van der Waals surface area (Å²) in [4.78, 5) is 4.20. The van der Waals surface area contributed by atoms with Crippen molar-refractivity contribution >= 4 is 15.7 Å². The van der Waals surface area contributed by atoms with Crippen LogP contribution in [0.25, 0.3) is 0 Å². The molecular weight excluding hydrogens is 290 g/mol. The number of sulfonamides is 1. The highest BCUT2D eigenvalue weighted by Crippen LogP contribution is 2.20. The second-order valence-corrected chi connectivity index (χ2v) is 6.03. The molecule has 0 fully saturated rings. The van der Waals surface area contributed by atoms with Gasteiger partial charge in [0.15, 0.2) is 0 Å². The van der Waals surface area contributed by atoms with Crippen LogP contribution in [0.2, 0.25) is 0 Å². The van der Waals surface area contributed by atoms with Gasteiger partial charge in [-0.15, -0.1) is 0 Å². The van der Waals surface area contributed by atoms with E-state index in [-0.39, 0.29) is 4.90 Å². The highest BCUT2D eigenvalue weighted by molar-refractivity contribution is 7.92. The lowest BCUT2D eigenvalue weighted by Gasteiger charge is -2.10. The summed E-state index contributed by atoms with van der Waals surface area (Å²) in [5.41, 5.74) is 6.41. The fourth-order valence-electron chi connectivity index (χ4n) is 1.69. The largest absolute Gasteiger partial charge is 0.492 e. The summed E-state index contributed by atoms with van der Waals surface area (Å²) in [5.74, 6) is 0.581. The molecule has 3 N–H and O–H groups in total. The van der Waals surface area contributed by atoms with Gasteiger partial charge in [-0.2, -0.15) is 0 Å². The Hall–Kier alpha value is -2.12. The van der Waals surface area contributed by atoms with Crippen molar-refractivity contribution in [3.8, 4) is 5.75 Å². The number of hydrogen-bond donors (Lipinski definition) is 2. The second kappa shape index (κ2) is 6.55. The summed E-state index contributed by atoms with van der Waals surface area (Å²) in [6, 6.07) is 9.51. The average molecular weight is 307 g/mol. The number of pyridine rings is 1. The molecular formula is C14H17N3O3S. The van der Waals surface area contributed by atoms with E-state index in [0.717, 1.165) is 0 Å². The fraction of sp³-hybridized carbons (Fsp3) is 0.214. The van der Waals surface area contributed by atoms with E-state index in [0.29, 0.717) is 30.3 Å². The van der Waals surface area contributed by atoms with E-state index in [1.165, 1.54) is 12.1 Å². The minimum Gasteiger partial charge on any atom is -0.492 e. The smallest absolute Gasteiger partial charge is 0.261 e. The molecule has 0 amide bonds. The van der Waals surface area contributed by atoms with Crippen LogP contribution < -0.4 is 15.2 Å². The minimum atomic E-state index is -3.64. The molecule has 0 saturated carbocycles. The van der Waals surface area contributed by atoms with E-state index in [1.807, 2.05) is 0 Å². The van der Waals surface area contributed by atoms with Gasteiger partial charge in [0.25, 0.3) is 10.0 Å². The lowest BCUT2D eigenvalue weighted by atomic mass is 10.3. The highest BCUT2D eigenvalue weighted by atomic mass is 32.2. The third-order valence-corrected chi connectivity index (χ3v) is 4.15. The van der Waals surface area contributed by atoms with E-state index >= 15 is 0 Å². The van der Waals surface area contributed by atoms with E-state index in [2.05, 4.69) is 9.71 Å². The summed E-state index contributed by atoms with van der Waals surface area (Å²) in [6.45, 7) is 2.53. The van der Waals surface area contributed by atoms with Crippen LogP contribution in [0.4, 0.5) is 5.69 Å². The Morgan fingerprint density at radius 3 is 2.57 bits per heavy atom. The van der Waals surface area contributed by atoms with Crippen LogP contribution in [0, 0.1) is 6.92 Å². The number of nitrogens with zero attached hydrogens (tertiary/aromatic N) is 1. The predicted octanol–water partition coefficient (Wildman–Crippen LogP) is 1.53. The van der Waals surface area contributed by atoms with Crippen LogP contribution in [-0.4, -0.2) is 26.6 Å². The molecule has 2 rings (SSSR count). The molecule has 21 heavy (non-hydrogen) atoms. The SMILES string of the molecule is Cc1ncccc1NS(=O)(=O)c1ccc(OCCN)cc1.